The second-order valence-electron chi connectivity index (χ2n) is 6.43. The Morgan fingerprint density at radius 1 is 0.962 bits per heavy atom. The molecule has 0 spiro atoms. The van der Waals surface area contributed by atoms with Crippen LogP contribution >= 0.6 is 0 Å². The van der Waals surface area contributed by atoms with E-state index in [4.69, 9.17) is 0 Å². The first-order valence-electron chi connectivity index (χ1n) is 8.74. The molecule has 1 fully saturated rings. The molecule has 2 amide bonds. The second kappa shape index (κ2) is 8.58. The minimum atomic E-state index is -0.447. The molecule has 1 aliphatic rings. The number of hydrogen-bond acceptors (Lipinski definition) is 3. The van der Waals surface area contributed by atoms with Crippen LogP contribution < -0.4 is 10.6 Å². The molecule has 0 saturated carbocycles. The quantitative estimate of drug-likeness (QED) is 0.866. The molecule has 2 aromatic rings. The van der Waals surface area contributed by atoms with Crippen LogP contribution in [0.15, 0.2) is 54.6 Å². The van der Waals surface area contributed by atoms with Crippen LogP contribution in [0.5, 0.6) is 0 Å². The highest BCUT2D eigenvalue weighted by Crippen LogP contribution is 2.20. The molecule has 0 aliphatic carbocycles. The molecule has 0 radical (unpaired) electrons. The summed E-state index contributed by atoms with van der Waals surface area (Å²) in [5.41, 5.74) is 0.985. The fraction of sp³-hybridized carbons (Fsp3) is 0.300. The van der Waals surface area contributed by atoms with Crippen LogP contribution in [0.3, 0.4) is 0 Å². The number of rotatable bonds is 5. The van der Waals surface area contributed by atoms with Crippen molar-refractivity contribution in [2.75, 3.05) is 30.3 Å². The van der Waals surface area contributed by atoms with Gasteiger partial charge in [0.05, 0.1) is 12.2 Å². The summed E-state index contributed by atoms with van der Waals surface area (Å²) in [5, 5.41) is 5.52. The SMILES string of the molecule is O=C(CN1CCC(C(=O)Nc2ccccc2)CC1)Nc1ccccc1F. The maximum atomic E-state index is 13.6. The summed E-state index contributed by atoms with van der Waals surface area (Å²) in [5.74, 6) is -0.729. The number of amides is 2. The highest BCUT2D eigenvalue weighted by atomic mass is 19.1. The standard InChI is InChI=1S/C20H22FN3O2/c21-17-8-4-5-9-18(17)23-19(25)14-24-12-10-15(11-13-24)20(26)22-16-6-2-1-3-7-16/h1-9,15H,10-14H2,(H,22,26)(H,23,25). The molecule has 6 heteroatoms. The Hall–Kier alpha value is -2.73. The van der Waals surface area contributed by atoms with Crippen molar-refractivity contribution in [3.8, 4) is 0 Å². The van der Waals surface area contributed by atoms with Gasteiger partial charge in [-0.3, -0.25) is 14.5 Å². The van der Waals surface area contributed by atoms with Crippen molar-refractivity contribution in [1.29, 1.82) is 0 Å². The van der Waals surface area contributed by atoms with Crippen LogP contribution in [0.2, 0.25) is 0 Å². The number of carbonyl (C=O) groups is 2. The lowest BCUT2D eigenvalue weighted by atomic mass is 9.96. The molecule has 0 aromatic heterocycles. The average molecular weight is 355 g/mol. The van der Waals surface area contributed by atoms with Crippen molar-refractivity contribution in [3.05, 3.63) is 60.4 Å². The predicted molar refractivity (Wildman–Crippen MR) is 99.3 cm³/mol. The van der Waals surface area contributed by atoms with Crippen LogP contribution in [0.1, 0.15) is 12.8 Å². The Bertz CT molecular complexity index is 759. The molecular weight excluding hydrogens is 333 g/mol. The molecule has 136 valence electrons. The van der Waals surface area contributed by atoms with Crippen LogP contribution in [0, 0.1) is 11.7 Å². The van der Waals surface area contributed by atoms with E-state index in [1.807, 2.05) is 35.2 Å². The maximum absolute atomic E-state index is 13.6. The third-order valence-electron chi connectivity index (χ3n) is 4.51. The number of anilines is 2. The Kier molecular flexibility index (Phi) is 5.96. The van der Waals surface area contributed by atoms with E-state index in [-0.39, 0.29) is 30.0 Å². The number of nitrogens with zero attached hydrogens (tertiary/aromatic N) is 1. The lowest BCUT2D eigenvalue weighted by molar-refractivity contribution is -0.121. The number of benzene rings is 2. The van der Waals surface area contributed by atoms with Crippen molar-refractivity contribution in [3.63, 3.8) is 0 Å². The fourth-order valence-corrected chi connectivity index (χ4v) is 3.07. The van der Waals surface area contributed by atoms with E-state index >= 15 is 0 Å². The van der Waals surface area contributed by atoms with Gasteiger partial charge in [-0.05, 0) is 50.2 Å². The fourth-order valence-electron chi connectivity index (χ4n) is 3.07. The van der Waals surface area contributed by atoms with Gasteiger partial charge in [-0.15, -0.1) is 0 Å². The smallest absolute Gasteiger partial charge is 0.238 e. The van der Waals surface area contributed by atoms with Crippen molar-refractivity contribution < 1.29 is 14.0 Å². The van der Waals surface area contributed by atoms with E-state index in [0.717, 1.165) is 5.69 Å². The van der Waals surface area contributed by atoms with Gasteiger partial charge in [0.1, 0.15) is 5.82 Å². The first-order chi connectivity index (χ1) is 12.6. The summed E-state index contributed by atoms with van der Waals surface area (Å²) < 4.78 is 13.6. The van der Waals surface area contributed by atoms with Crippen LogP contribution in [0.4, 0.5) is 15.8 Å². The summed E-state index contributed by atoms with van der Waals surface area (Å²) >= 11 is 0. The van der Waals surface area contributed by atoms with Gasteiger partial charge in [0.15, 0.2) is 0 Å². The summed E-state index contributed by atoms with van der Waals surface area (Å²) in [6, 6.07) is 15.5. The van der Waals surface area contributed by atoms with Gasteiger partial charge in [0.25, 0.3) is 0 Å². The van der Waals surface area contributed by atoms with Crippen LogP contribution in [-0.2, 0) is 9.59 Å². The molecule has 5 nitrogen and oxygen atoms in total. The molecule has 26 heavy (non-hydrogen) atoms. The molecule has 2 N–H and O–H groups in total. The number of para-hydroxylation sites is 2. The number of hydrogen-bond donors (Lipinski definition) is 2. The van der Waals surface area contributed by atoms with Crippen molar-refractivity contribution >= 4 is 23.2 Å². The number of nitrogens with one attached hydrogen (secondary N) is 2. The lowest BCUT2D eigenvalue weighted by Gasteiger charge is -2.30. The van der Waals surface area contributed by atoms with E-state index < -0.39 is 5.82 Å². The molecular formula is C20H22FN3O2. The largest absolute Gasteiger partial charge is 0.326 e. The third kappa shape index (κ3) is 4.89. The summed E-state index contributed by atoms with van der Waals surface area (Å²) in [7, 11) is 0. The predicted octanol–water partition coefficient (Wildman–Crippen LogP) is 3.11. The number of piperidine rings is 1. The average Bonchev–Trinajstić information content (AvgIpc) is 2.65. The number of likely N-dealkylation sites (tertiary alicyclic amines) is 1. The Labute approximate surface area is 152 Å². The topological polar surface area (TPSA) is 61.4 Å². The zero-order valence-electron chi connectivity index (χ0n) is 14.5. The van der Waals surface area contributed by atoms with Gasteiger partial charge in [0, 0.05) is 11.6 Å². The number of halogens is 1. The van der Waals surface area contributed by atoms with E-state index in [9.17, 15) is 14.0 Å². The van der Waals surface area contributed by atoms with Crippen LogP contribution in [-0.4, -0.2) is 36.3 Å². The van der Waals surface area contributed by atoms with E-state index in [2.05, 4.69) is 10.6 Å². The zero-order valence-corrected chi connectivity index (χ0v) is 14.5. The molecule has 3 rings (SSSR count). The van der Waals surface area contributed by atoms with Gasteiger partial charge in [-0.1, -0.05) is 30.3 Å². The maximum Gasteiger partial charge on any atom is 0.238 e. The van der Waals surface area contributed by atoms with E-state index in [1.165, 1.54) is 12.1 Å². The molecule has 0 bridgehead atoms. The number of carbonyl (C=O) groups excluding carboxylic acids is 2. The molecule has 0 unspecified atom stereocenters. The van der Waals surface area contributed by atoms with Gasteiger partial charge >= 0.3 is 0 Å². The minimum Gasteiger partial charge on any atom is -0.326 e. The van der Waals surface area contributed by atoms with Gasteiger partial charge in [-0.25, -0.2) is 4.39 Å². The van der Waals surface area contributed by atoms with Crippen molar-refractivity contribution in [1.82, 2.24) is 4.90 Å². The zero-order chi connectivity index (χ0) is 18.4. The monoisotopic (exact) mass is 355 g/mol. The Morgan fingerprint density at radius 3 is 2.31 bits per heavy atom. The summed E-state index contributed by atoms with van der Waals surface area (Å²) in [4.78, 5) is 26.4. The Balaban J connectivity index is 1.44. The molecule has 2 aromatic carbocycles. The lowest BCUT2D eigenvalue weighted by Crippen LogP contribution is -2.41. The molecule has 1 saturated heterocycles. The van der Waals surface area contributed by atoms with E-state index in [0.29, 0.717) is 25.9 Å². The highest BCUT2D eigenvalue weighted by molar-refractivity contribution is 5.93. The van der Waals surface area contributed by atoms with Crippen molar-refractivity contribution in [2.45, 2.75) is 12.8 Å². The van der Waals surface area contributed by atoms with Crippen molar-refractivity contribution in [2.24, 2.45) is 5.92 Å². The van der Waals surface area contributed by atoms with Crippen LogP contribution in [0.25, 0.3) is 0 Å². The Morgan fingerprint density at radius 2 is 1.62 bits per heavy atom. The second-order valence-corrected chi connectivity index (χ2v) is 6.43. The molecule has 1 aliphatic heterocycles. The molecule has 0 atom stereocenters. The normalized spacial score (nSPS) is 15.4. The summed E-state index contributed by atoms with van der Waals surface area (Å²) in [6.45, 7) is 1.52. The first kappa shape index (κ1) is 18.1. The van der Waals surface area contributed by atoms with Gasteiger partial charge in [0.2, 0.25) is 11.8 Å². The molecule has 1 heterocycles. The third-order valence-corrected chi connectivity index (χ3v) is 4.51. The van der Waals surface area contributed by atoms with Gasteiger partial charge < -0.3 is 10.6 Å². The minimum absolute atomic E-state index is 0.0201. The first-order valence-corrected chi connectivity index (χ1v) is 8.74. The van der Waals surface area contributed by atoms with E-state index in [1.54, 1.807) is 12.1 Å². The highest BCUT2D eigenvalue weighted by Gasteiger charge is 2.26. The van der Waals surface area contributed by atoms with Gasteiger partial charge in [-0.2, -0.15) is 0 Å². The summed E-state index contributed by atoms with van der Waals surface area (Å²) in [6.07, 6.45) is 1.40.